The Morgan fingerprint density at radius 1 is 0.377 bits per heavy atom. The van der Waals surface area contributed by atoms with Gasteiger partial charge in [0.2, 0.25) is 0 Å². The molecule has 1 aliphatic rings. The molecule has 1 aromatic heterocycles. The number of rotatable bonds is 6. The van der Waals surface area contributed by atoms with E-state index < -0.39 is 0 Å². The lowest BCUT2D eigenvalue weighted by Crippen LogP contribution is -2.16. The number of thiophene rings is 1. The van der Waals surface area contributed by atoms with Gasteiger partial charge in [-0.15, -0.1) is 11.3 Å². The van der Waals surface area contributed by atoms with Crippen LogP contribution in [0.4, 0.5) is 17.1 Å². The molecular formula is C51H37NS. The zero-order chi connectivity index (χ0) is 35.5. The first-order valence-electron chi connectivity index (χ1n) is 18.3. The Morgan fingerprint density at radius 2 is 0.943 bits per heavy atom. The Hall–Kier alpha value is -6.22. The van der Waals surface area contributed by atoms with Gasteiger partial charge in [0, 0.05) is 48.2 Å². The van der Waals surface area contributed by atoms with Crippen molar-refractivity contribution in [3.8, 4) is 44.5 Å². The molecule has 2 heteroatoms. The van der Waals surface area contributed by atoms with Gasteiger partial charge in [0.25, 0.3) is 0 Å². The van der Waals surface area contributed by atoms with E-state index in [0.29, 0.717) is 0 Å². The van der Waals surface area contributed by atoms with E-state index in [-0.39, 0.29) is 5.41 Å². The quantitative estimate of drug-likeness (QED) is 0.167. The summed E-state index contributed by atoms with van der Waals surface area (Å²) in [5, 5.41) is 2.63. The zero-order valence-corrected chi connectivity index (χ0v) is 30.6. The van der Waals surface area contributed by atoms with Crippen molar-refractivity contribution in [2.75, 3.05) is 4.90 Å². The van der Waals surface area contributed by atoms with E-state index in [1.165, 1.54) is 75.8 Å². The highest BCUT2D eigenvalue weighted by molar-refractivity contribution is 7.26. The monoisotopic (exact) mass is 695 g/mol. The van der Waals surface area contributed by atoms with Gasteiger partial charge in [-0.3, -0.25) is 0 Å². The molecule has 0 spiro atoms. The van der Waals surface area contributed by atoms with E-state index in [1.54, 1.807) is 0 Å². The normalized spacial score (nSPS) is 12.9. The van der Waals surface area contributed by atoms with Crippen LogP contribution in [-0.4, -0.2) is 0 Å². The molecule has 53 heavy (non-hydrogen) atoms. The van der Waals surface area contributed by atoms with E-state index in [4.69, 9.17) is 0 Å². The van der Waals surface area contributed by atoms with Crippen LogP contribution in [0.15, 0.2) is 188 Å². The topological polar surface area (TPSA) is 3.24 Å². The molecule has 0 radical (unpaired) electrons. The van der Waals surface area contributed by atoms with Gasteiger partial charge in [-0.25, -0.2) is 0 Å². The van der Waals surface area contributed by atoms with Crippen molar-refractivity contribution < 1.29 is 0 Å². The lowest BCUT2D eigenvalue weighted by molar-refractivity contribution is 0.660. The predicted molar refractivity (Wildman–Crippen MR) is 228 cm³/mol. The third kappa shape index (κ3) is 5.21. The first-order valence-corrected chi connectivity index (χ1v) is 19.2. The molecule has 8 aromatic carbocycles. The highest BCUT2D eigenvalue weighted by Gasteiger charge is 2.35. The Bertz CT molecular complexity index is 2790. The average molecular weight is 696 g/mol. The van der Waals surface area contributed by atoms with E-state index >= 15 is 0 Å². The van der Waals surface area contributed by atoms with Crippen LogP contribution < -0.4 is 4.90 Å². The fourth-order valence-corrected chi connectivity index (χ4v) is 9.66. The summed E-state index contributed by atoms with van der Waals surface area (Å²) in [6.07, 6.45) is 0. The number of hydrogen-bond acceptors (Lipinski definition) is 2. The number of anilines is 3. The summed E-state index contributed by atoms with van der Waals surface area (Å²) < 4.78 is 2.65. The minimum absolute atomic E-state index is 0.104. The van der Waals surface area contributed by atoms with Crippen LogP contribution in [0.5, 0.6) is 0 Å². The highest BCUT2D eigenvalue weighted by atomic mass is 32.1. The largest absolute Gasteiger partial charge is 0.310 e. The number of fused-ring (bicyclic) bond motifs is 6. The zero-order valence-electron chi connectivity index (χ0n) is 29.8. The molecule has 0 atom stereocenters. The van der Waals surface area contributed by atoms with Crippen LogP contribution in [0.3, 0.4) is 0 Å². The summed E-state index contributed by atoms with van der Waals surface area (Å²) in [5.41, 5.74) is 16.0. The number of benzene rings is 8. The van der Waals surface area contributed by atoms with E-state index in [9.17, 15) is 0 Å². The van der Waals surface area contributed by atoms with Crippen LogP contribution >= 0.6 is 11.3 Å². The minimum atomic E-state index is -0.104. The van der Waals surface area contributed by atoms with Gasteiger partial charge in [-0.05, 0) is 92.5 Å². The molecule has 0 fully saturated rings. The van der Waals surface area contributed by atoms with E-state index in [2.05, 4.69) is 207 Å². The summed E-state index contributed by atoms with van der Waals surface area (Å²) in [5.74, 6) is 0. The second-order valence-electron chi connectivity index (χ2n) is 14.5. The molecule has 0 amide bonds. The Balaban J connectivity index is 1.18. The molecule has 1 nitrogen and oxygen atoms in total. The van der Waals surface area contributed by atoms with Crippen molar-refractivity contribution in [1.29, 1.82) is 0 Å². The van der Waals surface area contributed by atoms with Gasteiger partial charge in [-0.2, -0.15) is 0 Å². The molecule has 1 heterocycles. The van der Waals surface area contributed by atoms with Crippen LogP contribution in [0.25, 0.3) is 64.7 Å². The van der Waals surface area contributed by atoms with Crippen LogP contribution in [-0.2, 0) is 5.41 Å². The van der Waals surface area contributed by atoms with Gasteiger partial charge >= 0.3 is 0 Å². The SMILES string of the molecule is CC1(C)c2ccccc2-c2ccc(N(c3ccc(-c4ccccc4)cc3)c3ccc(-c4cccc5c4sc4ccccc45)c(-c4ccccc4)c3)cc21. The molecular weight excluding hydrogens is 659 g/mol. The standard InChI is InChI=1S/C51H37NS/c1-51(2)47-22-11-9-18-41(47)42-31-29-39(33-48(42)51)52(37-26-24-35(25-27-37)34-14-5-3-6-15-34)38-28-30-40(46(32-38)36-16-7-4-8-17-36)44-20-13-21-45-43-19-10-12-23-49(43)53-50(44)45/h3-33H,1-2H3. The van der Waals surface area contributed by atoms with Crippen LogP contribution in [0.1, 0.15) is 25.0 Å². The van der Waals surface area contributed by atoms with Gasteiger partial charge in [0.05, 0.1) is 0 Å². The summed E-state index contributed by atoms with van der Waals surface area (Å²) in [6, 6.07) is 69.1. The van der Waals surface area contributed by atoms with Crippen molar-refractivity contribution in [2.45, 2.75) is 19.3 Å². The van der Waals surface area contributed by atoms with E-state index in [1.807, 2.05) is 11.3 Å². The van der Waals surface area contributed by atoms with Gasteiger partial charge in [-0.1, -0.05) is 159 Å². The van der Waals surface area contributed by atoms with Crippen LogP contribution in [0, 0.1) is 0 Å². The predicted octanol–water partition coefficient (Wildman–Crippen LogP) is 14.8. The van der Waals surface area contributed by atoms with Crippen molar-refractivity contribution in [3.63, 3.8) is 0 Å². The molecule has 1 aliphatic carbocycles. The summed E-state index contributed by atoms with van der Waals surface area (Å²) >= 11 is 1.89. The maximum atomic E-state index is 2.43. The van der Waals surface area contributed by atoms with Crippen molar-refractivity contribution in [3.05, 3.63) is 199 Å². The molecule has 0 saturated heterocycles. The highest BCUT2D eigenvalue weighted by Crippen LogP contribution is 2.51. The molecule has 0 bridgehead atoms. The molecule has 0 saturated carbocycles. The fraction of sp³-hybridized carbons (Fsp3) is 0.0588. The van der Waals surface area contributed by atoms with Gasteiger partial charge < -0.3 is 4.90 Å². The Labute approximate surface area is 315 Å². The summed E-state index contributed by atoms with van der Waals surface area (Å²) in [7, 11) is 0. The summed E-state index contributed by atoms with van der Waals surface area (Å²) in [4.78, 5) is 2.43. The summed E-state index contributed by atoms with van der Waals surface area (Å²) in [6.45, 7) is 4.72. The van der Waals surface area contributed by atoms with Crippen molar-refractivity contribution in [1.82, 2.24) is 0 Å². The first-order chi connectivity index (χ1) is 26.0. The third-order valence-corrected chi connectivity index (χ3v) is 12.3. The maximum Gasteiger partial charge on any atom is 0.0468 e. The number of nitrogens with zero attached hydrogens (tertiary/aromatic N) is 1. The van der Waals surface area contributed by atoms with Crippen molar-refractivity contribution >= 4 is 48.6 Å². The van der Waals surface area contributed by atoms with E-state index in [0.717, 1.165) is 17.1 Å². The van der Waals surface area contributed by atoms with Crippen LogP contribution in [0.2, 0.25) is 0 Å². The molecule has 0 unspecified atom stereocenters. The fourth-order valence-electron chi connectivity index (χ4n) is 8.43. The molecule has 0 aliphatic heterocycles. The second-order valence-corrected chi connectivity index (χ2v) is 15.6. The molecule has 0 N–H and O–H groups in total. The third-order valence-electron chi connectivity index (χ3n) is 11.1. The average Bonchev–Trinajstić information content (AvgIpc) is 3.71. The molecule has 10 rings (SSSR count). The molecule has 9 aromatic rings. The van der Waals surface area contributed by atoms with Gasteiger partial charge in [0.15, 0.2) is 0 Å². The second kappa shape index (κ2) is 12.5. The molecule has 252 valence electrons. The number of hydrogen-bond donors (Lipinski definition) is 0. The minimum Gasteiger partial charge on any atom is -0.310 e. The van der Waals surface area contributed by atoms with Crippen molar-refractivity contribution in [2.24, 2.45) is 0 Å². The lowest BCUT2D eigenvalue weighted by atomic mass is 9.82. The maximum absolute atomic E-state index is 2.43. The first kappa shape index (κ1) is 31.5. The van der Waals surface area contributed by atoms with Gasteiger partial charge in [0.1, 0.15) is 0 Å². The Kier molecular flexibility index (Phi) is 7.42. The smallest absolute Gasteiger partial charge is 0.0468 e. The Morgan fingerprint density at radius 3 is 1.74 bits per heavy atom. The lowest BCUT2D eigenvalue weighted by Gasteiger charge is -2.29.